The fraction of sp³-hybridized carbons (Fsp3) is 0.933. The third-order valence-electron chi connectivity index (χ3n) is 10.0. The first-order valence-electron chi connectivity index (χ1n) is 14.4. The van der Waals surface area contributed by atoms with Crippen molar-refractivity contribution in [2.75, 3.05) is 0 Å². The van der Waals surface area contributed by atoms with Crippen molar-refractivity contribution in [2.24, 2.45) is 34.5 Å². The van der Waals surface area contributed by atoms with E-state index in [1.807, 2.05) is 0 Å². The molecule has 0 bridgehead atoms. The quantitative estimate of drug-likeness (QED) is 0.341. The summed E-state index contributed by atoms with van der Waals surface area (Å²) in [6, 6.07) is 5.52. The van der Waals surface area contributed by atoms with Crippen molar-refractivity contribution >= 4 is 0 Å². The Morgan fingerprint density at radius 3 is 1.06 bits per heavy atom. The number of rotatable bonds is 10. The van der Waals surface area contributed by atoms with E-state index in [-0.39, 0.29) is 10.8 Å². The van der Waals surface area contributed by atoms with Gasteiger partial charge in [0.05, 0.1) is 23.0 Å². The molecule has 0 unspecified atom stereocenters. The van der Waals surface area contributed by atoms with Crippen LogP contribution < -0.4 is 0 Å². The van der Waals surface area contributed by atoms with Crippen molar-refractivity contribution in [3.63, 3.8) is 0 Å². The van der Waals surface area contributed by atoms with Crippen LogP contribution in [0.15, 0.2) is 0 Å². The van der Waals surface area contributed by atoms with Crippen LogP contribution >= 0.6 is 0 Å². The molecule has 0 aromatic rings. The average Bonchev–Trinajstić information content (AvgIpc) is 2.84. The normalized spacial score (nSPS) is 38.0. The zero-order valence-electron chi connectivity index (χ0n) is 21.3. The fourth-order valence-corrected chi connectivity index (χ4v) is 7.44. The van der Waals surface area contributed by atoms with Crippen LogP contribution in [-0.4, -0.2) is 0 Å². The smallest absolute Gasteiger partial charge is 0.0689 e. The van der Waals surface area contributed by atoms with Crippen LogP contribution in [-0.2, 0) is 0 Å². The molecule has 0 aromatic heterocycles. The average molecular weight is 439 g/mol. The Labute approximate surface area is 199 Å². The molecule has 0 aliphatic heterocycles. The van der Waals surface area contributed by atoms with Gasteiger partial charge in [0.1, 0.15) is 0 Å². The van der Waals surface area contributed by atoms with Gasteiger partial charge < -0.3 is 0 Å². The minimum atomic E-state index is -0.140. The van der Waals surface area contributed by atoms with Crippen molar-refractivity contribution in [1.82, 2.24) is 0 Å². The van der Waals surface area contributed by atoms with Crippen LogP contribution in [0.1, 0.15) is 142 Å². The van der Waals surface area contributed by atoms with Crippen molar-refractivity contribution in [3.8, 4) is 12.1 Å². The summed E-state index contributed by atoms with van der Waals surface area (Å²) in [7, 11) is 0. The molecule has 3 saturated carbocycles. The lowest BCUT2D eigenvalue weighted by molar-refractivity contribution is 0.119. The molecular weight excluding hydrogens is 388 g/mol. The Hall–Kier alpha value is -1.02. The molecule has 0 atom stereocenters. The predicted molar refractivity (Wildman–Crippen MR) is 134 cm³/mol. The molecule has 3 aliphatic rings. The number of hydrogen-bond donors (Lipinski definition) is 0. The maximum Gasteiger partial charge on any atom is 0.0689 e. The third-order valence-corrected chi connectivity index (χ3v) is 10.0. The molecule has 0 amide bonds. The molecule has 0 N–H and O–H groups in total. The number of nitriles is 2. The molecule has 2 nitrogen and oxygen atoms in total. The molecule has 32 heavy (non-hydrogen) atoms. The van der Waals surface area contributed by atoms with Gasteiger partial charge in [0.2, 0.25) is 0 Å². The molecule has 3 fully saturated rings. The summed E-state index contributed by atoms with van der Waals surface area (Å²) in [5.41, 5.74) is -0.280. The minimum Gasteiger partial charge on any atom is -0.198 e. The van der Waals surface area contributed by atoms with Gasteiger partial charge in [-0.2, -0.15) is 10.5 Å². The second kappa shape index (κ2) is 12.4. The molecule has 3 rings (SSSR count). The van der Waals surface area contributed by atoms with E-state index in [0.29, 0.717) is 0 Å². The van der Waals surface area contributed by atoms with E-state index in [0.717, 1.165) is 62.2 Å². The van der Waals surface area contributed by atoms with Crippen LogP contribution in [0.4, 0.5) is 0 Å². The lowest BCUT2D eigenvalue weighted by atomic mass is 9.60. The molecule has 2 heteroatoms. The van der Waals surface area contributed by atoms with E-state index in [1.165, 1.54) is 89.9 Å². The Balaban J connectivity index is 1.42. The van der Waals surface area contributed by atoms with Crippen molar-refractivity contribution < 1.29 is 0 Å². The number of hydrogen-bond acceptors (Lipinski definition) is 2. The highest BCUT2D eigenvalue weighted by Crippen LogP contribution is 2.51. The van der Waals surface area contributed by atoms with Crippen LogP contribution in [0.2, 0.25) is 0 Å². The van der Waals surface area contributed by atoms with Gasteiger partial charge >= 0.3 is 0 Å². The highest BCUT2D eigenvalue weighted by atomic mass is 14.5. The molecule has 3 aliphatic carbocycles. The van der Waals surface area contributed by atoms with E-state index >= 15 is 0 Å². The molecular formula is C30H50N2. The molecule has 0 saturated heterocycles. The topological polar surface area (TPSA) is 47.6 Å². The van der Waals surface area contributed by atoms with Crippen molar-refractivity contribution in [3.05, 3.63) is 0 Å². The van der Waals surface area contributed by atoms with Crippen LogP contribution in [0.3, 0.4) is 0 Å². The van der Waals surface area contributed by atoms with Gasteiger partial charge in [0, 0.05) is 0 Å². The van der Waals surface area contributed by atoms with Crippen molar-refractivity contribution in [2.45, 2.75) is 142 Å². The van der Waals surface area contributed by atoms with Crippen LogP contribution in [0.5, 0.6) is 0 Å². The predicted octanol–water partition coefficient (Wildman–Crippen LogP) is 9.35. The highest BCUT2D eigenvalue weighted by Gasteiger charge is 2.43. The molecule has 0 aromatic carbocycles. The van der Waals surface area contributed by atoms with Gasteiger partial charge in [-0.3, -0.25) is 0 Å². The molecule has 0 spiro atoms. The van der Waals surface area contributed by atoms with Gasteiger partial charge in [-0.25, -0.2) is 0 Å². The number of nitrogens with zero attached hydrogens (tertiary/aromatic N) is 2. The largest absolute Gasteiger partial charge is 0.198 e. The molecule has 0 heterocycles. The van der Waals surface area contributed by atoms with E-state index < -0.39 is 0 Å². The SMILES string of the molecule is CCCC1CCC(CCC2(C#N)CCC(C#N)(CCC3CCC(CCC)CC3)CC2)CC1. The van der Waals surface area contributed by atoms with Gasteiger partial charge in [-0.05, 0) is 75.0 Å². The summed E-state index contributed by atoms with van der Waals surface area (Å²) < 4.78 is 0. The van der Waals surface area contributed by atoms with Crippen LogP contribution in [0.25, 0.3) is 0 Å². The molecule has 0 radical (unpaired) electrons. The van der Waals surface area contributed by atoms with Gasteiger partial charge in [0.25, 0.3) is 0 Å². The van der Waals surface area contributed by atoms with Gasteiger partial charge in [-0.1, -0.05) is 90.9 Å². The first kappa shape index (κ1) is 25.6. The summed E-state index contributed by atoms with van der Waals surface area (Å²) in [4.78, 5) is 0. The zero-order valence-corrected chi connectivity index (χ0v) is 21.3. The van der Waals surface area contributed by atoms with Crippen molar-refractivity contribution in [1.29, 1.82) is 10.5 Å². The van der Waals surface area contributed by atoms with E-state index in [1.54, 1.807) is 0 Å². The Kier molecular flexibility index (Phi) is 9.96. The fourth-order valence-electron chi connectivity index (χ4n) is 7.44. The standard InChI is InChI=1S/C30H50N2/c1-3-5-25-7-11-27(12-8-25)15-17-29(23-31)19-21-30(24-32,22-20-29)18-16-28-13-9-26(6-4-2)10-14-28/h25-28H,3-22H2,1-2H3. The third kappa shape index (κ3) is 6.99. The van der Waals surface area contributed by atoms with E-state index in [9.17, 15) is 10.5 Å². The minimum absolute atomic E-state index is 0.140. The maximum absolute atomic E-state index is 10.1. The first-order valence-corrected chi connectivity index (χ1v) is 14.4. The summed E-state index contributed by atoms with van der Waals surface area (Å²) in [5.74, 6) is 3.63. The lowest BCUT2D eigenvalue weighted by Crippen LogP contribution is -2.34. The highest BCUT2D eigenvalue weighted by molar-refractivity contribution is 5.10. The first-order chi connectivity index (χ1) is 15.6. The van der Waals surface area contributed by atoms with E-state index in [2.05, 4.69) is 26.0 Å². The Bertz CT molecular complexity index is 558. The summed E-state index contributed by atoms with van der Waals surface area (Å²) in [5, 5.41) is 20.2. The van der Waals surface area contributed by atoms with Gasteiger partial charge in [0.15, 0.2) is 0 Å². The molecule has 180 valence electrons. The second-order valence-electron chi connectivity index (χ2n) is 12.2. The monoisotopic (exact) mass is 438 g/mol. The zero-order chi connectivity index (χ0) is 22.9. The lowest BCUT2D eigenvalue weighted by Gasteiger charge is -2.41. The Morgan fingerprint density at radius 2 is 0.812 bits per heavy atom. The summed E-state index contributed by atoms with van der Waals surface area (Å²) in [6.45, 7) is 4.62. The Morgan fingerprint density at radius 1 is 0.531 bits per heavy atom. The van der Waals surface area contributed by atoms with Crippen LogP contribution in [0, 0.1) is 57.2 Å². The van der Waals surface area contributed by atoms with Gasteiger partial charge in [-0.15, -0.1) is 0 Å². The summed E-state index contributed by atoms with van der Waals surface area (Å²) >= 11 is 0. The summed E-state index contributed by atoms with van der Waals surface area (Å²) in [6.07, 6.45) is 25.2. The van der Waals surface area contributed by atoms with E-state index in [4.69, 9.17) is 0 Å². The maximum atomic E-state index is 10.1. The second-order valence-corrected chi connectivity index (χ2v) is 12.2.